The standard InChI is InChI=1S/C54H50N4O4/c1-35-32-37(4-30-52(35)61-49-26-14-43(57)15-27-49)51(38-5-31-53(36(2)33-38)62-50-28-16-44(58)17-29-50)34-54(3,39-6-18-45(19-7-39)59-47-22-10-41(55)11-23-47)40-8-20-46(21-9-40)60-48-24-12-42(56)13-25-48/h4-33,51H,34,55-58H2,1-3H3. The Morgan fingerprint density at radius 2 is 0.645 bits per heavy atom. The van der Waals surface area contributed by atoms with Gasteiger partial charge in [0.2, 0.25) is 0 Å². The average Bonchev–Trinajstić information content (AvgIpc) is 3.28. The molecule has 0 unspecified atom stereocenters. The molecule has 0 saturated carbocycles. The molecule has 62 heavy (non-hydrogen) atoms. The smallest absolute Gasteiger partial charge is 0.130 e. The summed E-state index contributed by atoms with van der Waals surface area (Å²) in [7, 11) is 0. The SMILES string of the molecule is Cc1cc(C(CC(C)(c2ccc(Oc3ccc(N)cc3)cc2)c2ccc(Oc3ccc(N)cc3)cc2)c2ccc(Oc3ccc(N)cc3)c(C)c2)ccc1Oc1ccc(N)cc1. The normalized spacial score (nSPS) is 11.3. The third-order valence-electron chi connectivity index (χ3n) is 11.2. The van der Waals surface area contributed by atoms with E-state index in [1.165, 1.54) is 0 Å². The van der Waals surface area contributed by atoms with Gasteiger partial charge in [-0.3, -0.25) is 0 Å². The van der Waals surface area contributed by atoms with Crippen LogP contribution >= 0.6 is 0 Å². The van der Waals surface area contributed by atoms with E-state index in [4.69, 9.17) is 41.9 Å². The first kappa shape index (κ1) is 40.9. The summed E-state index contributed by atoms with van der Waals surface area (Å²) in [6.45, 7) is 6.48. The van der Waals surface area contributed by atoms with E-state index in [1.54, 1.807) is 0 Å². The first-order valence-electron chi connectivity index (χ1n) is 20.5. The first-order chi connectivity index (χ1) is 30.0. The summed E-state index contributed by atoms with van der Waals surface area (Å²) in [4.78, 5) is 0. The number of anilines is 4. The van der Waals surface area contributed by atoms with Crippen molar-refractivity contribution >= 4 is 22.7 Å². The predicted octanol–water partition coefficient (Wildman–Crippen LogP) is 13.3. The second kappa shape index (κ2) is 17.8. The summed E-state index contributed by atoms with van der Waals surface area (Å²) in [6, 6.07) is 59.4. The maximum atomic E-state index is 6.35. The van der Waals surface area contributed by atoms with Gasteiger partial charge in [0.25, 0.3) is 0 Å². The highest BCUT2D eigenvalue weighted by Crippen LogP contribution is 2.46. The zero-order valence-electron chi connectivity index (χ0n) is 35.0. The van der Waals surface area contributed by atoms with E-state index in [-0.39, 0.29) is 5.92 Å². The fourth-order valence-corrected chi connectivity index (χ4v) is 7.70. The molecule has 0 aliphatic rings. The summed E-state index contributed by atoms with van der Waals surface area (Å²) in [5, 5.41) is 0. The van der Waals surface area contributed by atoms with Crippen LogP contribution in [0.2, 0.25) is 0 Å². The van der Waals surface area contributed by atoms with Crippen LogP contribution in [-0.2, 0) is 5.41 Å². The van der Waals surface area contributed by atoms with Gasteiger partial charge in [-0.05, 0) is 187 Å². The number of nitrogen functional groups attached to an aromatic ring is 4. The van der Waals surface area contributed by atoms with Crippen LogP contribution in [0.5, 0.6) is 46.0 Å². The molecule has 8 nitrogen and oxygen atoms in total. The molecule has 0 radical (unpaired) electrons. The summed E-state index contributed by atoms with van der Waals surface area (Å²) in [5.74, 6) is 5.81. The lowest BCUT2D eigenvalue weighted by Gasteiger charge is -2.36. The van der Waals surface area contributed by atoms with E-state index in [0.717, 1.165) is 67.9 Å². The lowest BCUT2D eigenvalue weighted by molar-refractivity contribution is 0.467. The minimum absolute atomic E-state index is 0.0649. The van der Waals surface area contributed by atoms with Gasteiger partial charge >= 0.3 is 0 Å². The molecule has 0 bridgehead atoms. The zero-order valence-corrected chi connectivity index (χ0v) is 35.0. The van der Waals surface area contributed by atoms with Gasteiger partial charge in [0.15, 0.2) is 0 Å². The van der Waals surface area contributed by atoms with Crippen LogP contribution < -0.4 is 41.9 Å². The van der Waals surface area contributed by atoms with Crippen LogP contribution in [0.3, 0.4) is 0 Å². The molecule has 8 rings (SSSR count). The topological polar surface area (TPSA) is 141 Å². The van der Waals surface area contributed by atoms with Crippen LogP contribution in [0, 0.1) is 13.8 Å². The van der Waals surface area contributed by atoms with Gasteiger partial charge < -0.3 is 41.9 Å². The lowest BCUT2D eigenvalue weighted by atomic mass is 9.68. The van der Waals surface area contributed by atoms with Gasteiger partial charge in [0.05, 0.1) is 0 Å². The molecule has 0 amide bonds. The number of ether oxygens (including phenoxy) is 4. The third-order valence-corrected chi connectivity index (χ3v) is 11.2. The van der Waals surface area contributed by atoms with Crippen LogP contribution in [0.15, 0.2) is 182 Å². The molecule has 0 aromatic heterocycles. The summed E-state index contributed by atoms with van der Waals surface area (Å²) in [6.07, 6.45) is 0.707. The second-order valence-electron chi connectivity index (χ2n) is 15.9. The Morgan fingerprint density at radius 3 is 0.935 bits per heavy atom. The Bertz CT molecular complexity index is 2570. The van der Waals surface area contributed by atoms with Gasteiger partial charge in [0, 0.05) is 34.1 Å². The minimum Gasteiger partial charge on any atom is -0.457 e. The predicted molar refractivity (Wildman–Crippen MR) is 252 cm³/mol. The fourth-order valence-electron chi connectivity index (χ4n) is 7.70. The molecule has 0 heterocycles. The Morgan fingerprint density at radius 1 is 0.371 bits per heavy atom. The van der Waals surface area contributed by atoms with Crippen LogP contribution in [0.1, 0.15) is 52.6 Å². The molecular weight excluding hydrogens is 769 g/mol. The molecule has 310 valence electrons. The van der Waals surface area contributed by atoms with E-state index < -0.39 is 5.41 Å². The molecular formula is C54H50N4O4. The van der Waals surface area contributed by atoms with Gasteiger partial charge in [0.1, 0.15) is 46.0 Å². The minimum atomic E-state index is -0.510. The van der Waals surface area contributed by atoms with Crippen molar-refractivity contribution < 1.29 is 18.9 Å². The van der Waals surface area contributed by atoms with Crippen molar-refractivity contribution in [2.75, 3.05) is 22.9 Å². The molecule has 0 atom stereocenters. The van der Waals surface area contributed by atoms with Gasteiger partial charge in [-0.15, -0.1) is 0 Å². The number of nitrogens with two attached hydrogens (primary N) is 4. The highest BCUT2D eigenvalue weighted by atomic mass is 16.5. The maximum Gasteiger partial charge on any atom is 0.130 e. The molecule has 8 heteroatoms. The third kappa shape index (κ3) is 9.61. The first-order valence-corrected chi connectivity index (χ1v) is 20.5. The molecule has 0 fully saturated rings. The average molecular weight is 819 g/mol. The Balaban J connectivity index is 1.19. The monoisotopic (exact) mass is 818 g/mol. The highest BCUT2D eigenvalue weighted by molar-refractivity contribution is 5.52. The second-order valence-corrected chi connectivity index (χ2v) is 15.9. The van der Waals surface area contributed by atoms with Gasteiger partial charge in [-0.2, -0.15) is 0 Å². The van der Waals surface area contributed by atoms with Crippen molar-refractivity contribution in [1.29, 1.82) is 0 Å². The van der Waals surface area contributed by atoms with E-state index in [9.17, 15) is 0 Å². The van der Waals surface area contributed by atoms with Crippen LogP contribution in [0.4, 0.5) is 22.7 Å². The van der Waals surface area contributed by atoms with E-state index in [2.05, 4.69) is 81.4 Å². The Hall–Kier alpha value is -7.84. The van der Waals surface area contributed by atoms with E-state index in [0.29, 0.717) is 40.7 Å². The fraction of sp³-hybridized carbons (Fsp3) is 0.111. The van der Waals surface area contributed by atoms with Crippen molar-refractivity contribution in [3.8, 4) is 46.0 Å². The number of hydrogen-bond acceptors (Lipinski definition) is 8. The maximum absolute atomic E-state index is 6.35. The Labute approximate surface area is 363 Å². The summed E-state index contributed by atoms with van der Waals surface area (Å²) < 4.78 is 25.2. The molecule has 8 N–H and O–H groups in total. The van der Waals surface area contributed by atoms with Crippen molar-refractivity contribution in [3.05, 3.63) is 215 Å². The number of benzene rings is 8. The highest BCUT2D eigenvalue weighted by Gasteiger charge is 2.34. The number of hydrogen-bond donors (Lipinski definition) is 4. The molecule has 0 aliphatic heterocycles. The molecule has 0 aliphatic carbocycles. The van der Waals surface area contributed by atoms with Crippen molar-refractivity contribution in [1.82, 2.24) is 0 Å². The molecule has 0 spiro atoms. The van der Waals surface area contributed by atoms with Crippen molar-refractivity contribution in [3.63, 3.8) is 0 Å². The molecule has 8 aromatic carbocycles. The van der Waals surface area contributed by atoms with Crippen LogP contribution in [-0.4, -0.2) is 0 Å². The van der Waals surface area contributed by atoms with Crippen LogP contribution in [0.25, 0.3) is 0 Å². The number of rotatable bonds is 14. The zero-order chi connectivity index (χ0) is 43.2. The molecule has 8 aromatic rings. The largest absolute Gasteiger partial charge is 0.457 e. The Kier molecular flexibility index (Phi) is 11.7. The summed E-state index contributed by atoms with van der Waals surface area (Å²) >= 11 is 0. The lowest BCUT2D eigenvalue weighted by Crippen LogP contribution is -2.27. The summed E-state index contributed by atoms with van der Waals surface area (Å²) in [5.41, 5.74) is 32.6. The van der Waals surface area contributed by atoms with Gasteiger partial charge in [-0.25, -0.2) is 0 Å². The number of aryl methyl sites for hydroxylation is 2. The van der Waals surface area contributed by atoms with Crippen molar-refractivity contribution in [2.24, 2.45) is 0 Å². The van der Waals surface area contributed by atoms with Gasteiger partial charge in [-0.1, -0.05) is 55.5 Å². The van der Waals surface area contributed by atoms with E-state index in [1.807, 2.05) is 121 Å². The quantitative estimate of drug-likeness (QED) is 0.0795. The van der Waals surface area contributed by atoms with E-state index >= 15 is 0 Å². The van der Waals surface area contributed by atoms with Crippen molar-refractivity contribution in [2.45, 2.75) is 38.5 Å². The molecule has 0 saturated heterocycles.